The molecule has 0 aliphatic carbocycles. The average molecular weight is 452 g/mol. The van der Waals surface area contributed by atoms with Crippen molar-refractivity contribution in [2.45, 2.75) is 16.3 Å². The van der Waals surface area contributed by atoms with Crippen LogP contribution in [0.4, 0.5) is 4.79 Å². The molecule has 0 radical (unpaired) electrons. The Morgan fingerprint density at radius 2 is 1.74 bits per heavy atom. The van der Waals surface area contributed by atoms with Crippen molar-refractivity contribution in [3.63, 3.8) is 0 Å². The Morgan fingerprint density at radius 1 is 1.03 bits per heavy atom. The number of amides is 2. The van der Waals surface area contributed by atoms with Crippen molar-refractivity contribution in [3.05, 3.63) is 88.7 Å². The third-order valence-corrected chi connectivity index (χ3v) is 6.32. The molecule has 1 aliphatic rings. The van der Waals surface area contributed by atoms with E-state index >= 15 is 0 Å². The zero-order valence-corrected chi connectivity index (χ0v) is 18.1. The quantitative estimate of drug-likeness (QED) is 0.364. The molecule has 0 spiro atoms. The molecule has 3 aromatic rings. The van der Waals surface area contributed by atoms with Crippen molar-refractivity contribution in [3.8, 4) is 0 Å². The summed E-state index contributed by atoms with van der Waals surface area (Å²) in [5, 5.41) is -0.386. The van der Waals surface area contributed by atoms with Crippen LogP contribution >= 0.6 is 23.5 Å². The number of hydrogen-bond donors (Lipinski definition) is 0. The third kappa shape index (κ3) is 4.92. The molecule has 6 nitrogen and oxygen atoms in total. The van der Waals surface area contributed by atoms with Gasteiger partial charge in [0, 0.05) is 9.79 Å². The molecule has 31 heavy (non-hydrogen) atoms. The van der Waals surface area contributed by atoms with Crippen molar-refractivity contribution >= 4 is 46.7 Å². The minimum atomic E-state index is -0.617. The number of esters is 1. The van der Waals surface area contributed by atoms with E-state index in [0.29, 0.717) is 10.7 Å². The number of thioether (sulfide) groups is 1. The van der Waals surface area contributed by atoms with Gasteiger partial charge in [0.05, 0.1) is 18.6 Å². The lowest BCUT2D eigenvalue weighted by Crippen LogP contribution is -2.27. The molecule has 0 unspecified atom stereocenters. The first kappa shape index (κ1) is 21.0. The number of furan rings is 1. The van der Waals surface area contributed by atoms with Gasteiger partial charge in [0.2, 0.25) is 5.76 Å². The number of carbonyl (C=O) groups is 3. The number of rotatable bonds is 6. The van der Waals surface area contributed by atoms with E-state index in [1.54, 1.807) is 23.9 Å². The Labute approximate surface area is 187 Å². The molecule has 156 valence electrons. The summed E-state index contributed by atoms with van der Waals surface area (Å²) >= 11 is 2.53. The molecule has 4 rings (SSSR count). The number of methoxy groups -OCH3 is 1. The summed E-state index contributed by atoms with van der Waals surface area (Å²) in [7, 11) is 1.25. The fourth-order valence-corrected chi connectivity index (χ4v) is 4.55. The lowest BCUT2D eigenvalue weighted by atomic mass is 10.2. The van der Waals surface area contributed by atoms with E-state index in [4.69, 9.17) is 4.42 Å². The van der Waals surface area contributed by atoms with Crippen LogP contribution in [0.5, 0.6) is 0 Å². The largest absolute Gasteiger partial charge is 0.463 e. The predicted molar refractivity (Wildman–Crippen MR) is 119 cm³/mol. The van der Waals surface area contributed by atoms with E-state index in [-0.39, 0.29) is 17.5 Å². The summed E-state index contributed by atoms with van der Waals surface area (Å²) in [5.74, 6) is -0.664. The molecule has 2 amide bonds. The number of benzene rings is 2. The molecule has 1 fully saturated rings. The van der Waals surface area contributed by atoms with E-state index in [2.05, 4.69) is 4.74 Å². The molecule has 1 aromatic heterocycles. The third-order valence-electron chi connectivity index (χ3n) is 4.39. The topological polar surface area (TPSA) is 76.8 Å². The Kier molecular flexibility index (Phi) is 6.29. The fourth-order valence-electron chi connectivity index (χ4n) is 2.87. The Balaban J connectivity index is 1.44. The number of hydrogen-bond acceptors (Lipinski definition) is 7. The molecule has 8 heteroatoms. The van der Waals surface area contributed by atoms with Crippen molar-refractivity contribution in [1.82, 2.24) is 4.90 Å². The van der Waals surface area contributed by atoms with Crippen molar-refractivity contribution in [2.75, 3.05) is 7.11 Å². The molecule has 0 saturated carbocycles. The number of imide groups is 1. The lowest BCUT2D eigenvalue weighted by Gasteiger charge is -2.09. The van der Waals surface area contributed by atoms with Gasteiger partial charge in [-0.2, -0.15) is 0 Å². The molecule has 2 aromatic carbocycles. The standard InChI is InChI=1S/C23H17NO5S2/c1-28-22(26)19-12-9-16(29-19)14-24-21(25)20(31-23(24)27)13-15-7-10-18(11-8-15)30-17-5-3-2-4-6-17/h2-13H,14H2,1H3/b20-13+. The summed E-state index contributed by atoms with van der Waals surface area (Å²) in [6.45, 7) is -0.0499. The highest BCUT2D eigenvalue weighted by Gasteiger charge is 2.35. The summed E-state index contributed by atoms with van der Waals surface area (Å²) < 4.78 is 9.95. The Hall–Kier alpha value is -3.23. The van der Waals surface area contributed by atoms with Gasteiger partial charge in [-0.1, -0.05) is 42.1 Å². The van der Waals surface area contributed by atoms with E-state index in [1.165, 1.54) is 13.2 Å². The zero-order chi connectivity index (χ0) is 21.8. The van der Waals surface area contributed by atoms with Gasteiger partial charge in [-0.05, 0) is 59.8 Å². The minimum absolute atomic E-state index is 0.0217. The second kappa shape index (κ2) is 9.28. The van der Waals surface area contributed by atoms with Gasteiger partial charge in [0.1, 0.15) is 5.76 Å². The van der Waals surface area contributed by atoms with Gasteiger partial charge in [-0.3, -0.25) is 14.5 Å². The Morgan fingerprint density at radius 3 is 2.45 bits per heavy atom. The van der Waals surface area contributed by atoms with Gasteiger partial charge in [-0.15, -0.1) is 0 Å². The van der Waals surface area contributed by atoms with E-state index in [9.17, 15) is 14.4 Å². The first-order valence-corrected chi connectivity index (χ1v) is 10.9. The summed E-state index contributed by atoms with van der Waals surface area (Å²) in [5.41, 5.74) is 0.828. The van der Waals surface area contributed by atoms with Crippen LogP contribution in [0.15, 0.2) is 85.8 Å². The highest BCUT2D eigenvalue weighted by molar-refractivity contribution is 8.18. The first-order valence-electron chi connectivity index (χ1n) is 9.29. The van der Waals surface area contributed by atoms with Crippen LogP contribution in [-0.2, 0) is 16.1 Å². The maximum Gasteiger partial charge on any atom is 0.373 e. The van der Waals surface area contributed by atoms with Gasteiger partial charge < -0.3 is 9.15 Å². The number of carbonyl (C=O) groups excluding carboxylic acids is 3. The van der Waals surface area contributed by atoms with Gasteiger partial charge in [0.15, 0.2) is 0 Å². The molecule has 1 saturated heterocycles. The number of ether oxygens (including phenoxy) is 1. The predicted octanol–water partition coefficient (Wildman–Crippen LogP) is 5.45. The summed E-state index contributed by atoms with van der Waals surface area (Å²) in [4.78, 5) is 40.2. The average Bonchev–Trinajstić information content (AvgIpc) is 3.36. The van der Waals surface area contributed by atoms with Crippen LogP contribution in [0.2, 0.25) is 0 Å². The highest BCUT2D eigenvalue weighted by Crippen LogP contribution is 2.34. The molecule has 2 heterocycles. The Bertz CT molecular complexity index is 1150. The van der Waals surface area contributed by atoms with Crippen molar-refractivity contribution < 1.29 is 23.5 Å². The maximum atomic E-state index is 12.7. The van der Waals surface area contributed by atoms with Gasteiger partial charge >= 0.3 is 5.97 Å². The van der Waals surface area contributed by atoms with Gasteiger partial charge in [0.25, 0.3) is 11.1 Å². The monoisotopic (exact) mass is 451 g/mol. The van der Waals surface area contributed by atoms with E-state index in [1.807, 2.05) is 54.6 Å². The fraction of sp³-hybridized carbons (Fsp3) is 0.0870. The normalized spacial score (nSPS) is 15.0. The maximum absolute atomic E-state index is 12.7. The molecule has 0 bridgehead atoms. The minimum Gasteiger partial charge on any atom is -0.463 e. The number of nitrogens with zero attached hydrogens (tertiary/aromatic N) is 1. The molecular formula is C23H17NO5S2. The van der Waals surface area contributed by atoms with Crippen LogP contribution in [0.1, 0.15) is 21.9 Å². The van der Waals surface area contributed by atoms with Gasteiger partial charge in [-0.25, -0.2) is 4.79 Å². The lowest BCUT2D eigenvalue weighted by molar-refractivity contribution is -0.123. The molecular weight excluding hydrogens is 434 g/mol. The van der Waals surface area contributed by atoms with Crippen LogP contribution in [0.3, 0.4) is 0 Å². The summed E-state index contributed by atoms with van der Waals surface area (Å²) in [6.07, 6.45) is 1.70. The smallest absolute Gasteiger partial charge is 0.373 e. The first-order chi connectivity index (χ1) is 15.0. The van der Waals surface area contributed by atoms with Crippen LogP contribution < -0.4 is 0 Å². The second-order valence-corrected chi connectivity index (χ2v) is 8.65. The SMILES string of the molecule is COC(=O)c1ccc(CN2C(=O)S/C(=C/c3ccc(Sc4ccccc4)cc3)C2=O)o1. The van der Waals surface area contributed by atoms with Crippen LogP contribution in [0, 0.1) is 0 Å². The van der Waals surface area contributed by atoms with E-state index < -0.39 is 11.9 Å². The van der Waals surface area contributed by atoms with Crippen molar-refractivity contribution in [2.24, 2.45) is 0 Å². The molecule has 0 N–H and O–H groups in total. The highest BCUT2D eigenvalue weighted by atomic mass is 32.2. The zero-order valence-electron chi connectivity index (χ0n) is 16.4. The molecule has 1 aliphatic heterocycles. The van der Waals surface area contributed by atoms with Crippen LogP contribution in [-0.4, -0.2) is 29.1 Å². The van der Waals surface area contributed by atoms with Crippen molar-refractivity contribution in [1.29, 1.82) is 0 Å². The molecule has 0 atom stereocenters. The summed E-state index contributed by atoms with van der Waals surface area (Å²) in [6, 6.07) is 20.8. The second-order valence-electron chi connectivity index (χ2n) is 6.51. The van der Waals surface area contributed by atoms with Crippen LogP contribution in [0.25, 0.3) is 6.08 Å². The van der Waals surface area contributed by atoms with E-state index in [0.717, 1.165) is 32.0 Å².